The molecule has 0 fully saturated rings. The highest BCUT2D eigenvalue weighted by molar-refractivity contribution is 7.82. The van der Waals surface area contributed by atoms with Crippen molar-refractivity contribution in [1.29, 1.82) is 0 Å². The Hall–Kier alpha value is -0.730. The van der Waals surface area contributed by atoms with Crippen LogP contribution in [-0.2, 0) is 18.8 Å². The fourth-order valence-electron chi connectivity index (χ4n) is 0.379. The van der Waals surface area contributed by atoms with Gasteiger partial charge in [0.05, 0.1) is 0 Å². The molecule has 50 valence electrons. The van der Waals surface area contributed by atoms with Crippen molar-refractivity contribution in [2.24, 2.45) is 0 Å². The van der Waals surface area contributed by atoms with Crippen molar-refractivity contribution in [3.8, 4) is 12.0 Å². The lowest BCUT2D eigenvalue weighted by molar-refractivity contribution is 0.226. The minimum absolute atomic E-state index is 0.594. The summed E-state index contributed by atoms with van der Waals surface area (Å²) in [4.78, 5) is 0. The molecule has 0 aliphatic carbocycles. The van der Waals surface area contributed by atoms with Crippen molar-refractivity contribution in [2.45, 2.75) is 13.0 Å². The monoisotopic (exact) mass is 148 g/mol. The maximum Gasteiger partial charge on any atom is 0.458 e. The van der Waals surface area contributed by atoms with E-state index >= 15 is 0 Å². The highest BCUT2D eigenvalue weighted by Crippen LogP contribution is 2.03. The fraction of sp³-hybridized carbons (Fsp3) is 0.500. The van der Waals surface area contributed by atoms with Crippen molar-refractivity contribution in [1.82, 2.24) is 0 Å². The smallest absolute Gasteiger partial charge is 0.307 e. The van der Waals surface area contributed by atoms with Crippen LogP contribution >= 0.6 is 0 Å². The van der Waals surface area contributed by atoms with Crippen LogP contribution in [0.15, 0.2) is 0 Å². The molecule has 4 nitrogen and oxygen atoms in total. The van der Waals surface area contributed by atoms with Gasteiger partial charge in [0.25, 0.3) is 0 Å². The zero-order chi connectivity index (χ0) is 6.91. The quantitative estimate of drug-likeness (QED) is 0.440. The van der Waals surface area contributed by atoms with Crippen LogP contribution in [0, 0.1) is 12.0 Å². The van der Waals surface area contributed by atoms with E-state index in [9.17, 15) is 8.42 Å². The van der Waals surface area contributed by atoms with Crippen LogP contribution in [0.4, 0.5) is 0 Å². The first-order chi connectivity index (χ1) is 4.10. The Balaban J connectivity index is 2.88. The lowest BCUT2D eigenvalue weighted by atomic mass is 10.4. The van der Waals surface area contributed by atoms with Gasteiger partial charge in [0.2, 0.25) is 0 Å². The zero-order valence-corrected chi connectivity index (χ0v) is 5.44. The van der Waals surface area contributed by atoms with Crippen LogP contribution in [0.5, 0.6) is 0 Å². The molecule has 0 spiro atoms. The molecule has 0 bridgehead atoms. The summed E-state index contributed by atoms with van der Waals surface area (Å²) in [5.74, 6) is 2.36. The van der Waals surface area contributed by atoms with Gasteiger partial charge in [-0.15, -0.1) is 0 Å². The second-order valence-corrected chi connectivity index (χ2v) is 2.65. The third kappa shape index (κ3) is 1.59. The van der Waals surface area contributed by atoms with E-state index in [4.69, 9.17) is 0 Å². The van der Waals surface area contributed by atoms with E-state index in [1.165, 1.54) is 6.92 Å². The highest BCUT2D eigenvalue weighted by Gasteiger charge is 2.18. The molecule has 0 aromatic rings. The van der Waals surface area contributed by atoms with Gasteiger partial charge in [0.1, 0.15) is 12.2 Å². The van der Waals surface area contributed by atoms with E-state index in [2.05, 4.69) is 14.3 Å². The summed E-state index contributed by atoms with van der Waals surface area (Å²) in [5.41, 5.74) is 0. The predicted molar refractivity (Wildman–Crippen MR) is 28.3 cm³/mol. The van der Waals surface area contributed by atoms with Crippen LogP contribution in [0.3, 0.4) is 0 Å². The molecule has 0 saturated heterocycles. The zero-order valence-electron chi connectivity index (χ0n) is 4.62. The Kier molecular flexibility index (Phi) is 1.35. The second-order valence-electron chi connectivity index (χ2n) is 1.48. The summed E-state index contributed by atoms with van der Waals surface area (Å²) in [6.45, 7) is 1.52. The topological polar surface area (TPSA) is 52.6 Å². The Morgan fingerprint density at radius 1 is 1.56 bits per heavy atom. The standard InChI is InChI=1S/C4H4O4S/c1-4-2-3-7-9(5,6)8-4/h4H,1H3. The molecular weight excluding hydrogens is 144 g/mol. The van der Waals surface area contributed by atoms with E-state index in [0.717, 1.165) is 0 Å². The van der Waals surface area contributed by atoms with Crippen LogP contribution in [-0.4, -0.2) is 14.5 Å². The Morgan fingerprint density at radius 2 is 2.22 bits per heavy atom. The number of rotatable bonds is 0. The molecule has 0 aromatic carbocycles. The van der Waals surface area contributed by atoms with Gasteiger partial charge in [-0.25, -0.2) is 4.18 Å². The summed E-state index contributed by atoms with van der Waals surface area (Å²) in [6, 6.07) is 0. The molecule has 0 saturated carbocycles. The van der Waals surface area contributed by atoms with Gasteiger partial charge in [-0.1, -0.05) is 0 Å². The molecule has 1 aliphatic heterocycles. The summed E-state index contributed by atoms with van der Waals surface area (Å²) in [5, 5.41) is 0. The minimum Gasteiger partial charge on any atom is -0.307 e. The van der Waals surface area contributed by atoms with Crippen LogP contribution in [0.2, 0.25) is 0 Å². The number of hydrogen-bond acceptors (Lipinski definition) is 4. The van der Waals surface area contributed by atoms with E-state index in [0.29, 0.717) is 0 Å². The SMILES string of the molecule is CC1C#COS(=O)(=O)O1. The molecule has 0 amide bonds. The Labute approximate surface area is 53.1 Å². The lowest BCUT2D eigenvalue weighted by Crippen LogP contribution is -2.18. The third-order valence-electron chi connectivity index (χ3n) is 0.668. The number of hydrogen-bond donors (Lipinski definition) is 0. The molecule has 1 aliphatic rings. The first-order valence-electron chi connectivity index (χ1n) is 2.22. The van der Waals surface area contributed by atoms with Crippen LogP contribution < -0.4 is 0 Å². The average molecular weight is 148 g/mol. The van der Waals surface area contributed by atoms with Crippen LogP contribution in [0.1, 0.15) is 6.92 Å². The Bertz CT molecular complexity index is 254. The van der Waals surface area contributed by atoms with E-state index < -0.39 is 16.5 Å². The van der Waals surface area contributed by atoms with E-state index in [1.54, 1.807) is 0 Å². The first kappa shape index (κ1) is 6.39. The van der Waals surface area contributed by atoms with Gasteiger partial charge in [0.15, 0.2) is 0 Å². The van der Waals surface area contributed by atoms with Gasteiger partial charge in [0, 0.05) is 0 Å². The fourth-order valence-corrected chi connectivity index (χ4v) is 0.970. The largest absolute Gasteiger partial charge is 0.458 e. The van der Waals surface area contributed by atoms with Crippen LogP contribution in [0.25, 0.3) is 0 Å². The predicted octanol–water partition coefficient (Wildman–Crippen LogP) is -0.373. The molecule has 5 heteroatoms. The third-order valence-corrected chi connectivity index (χ3v) is 1.48. The lowest BCUT2D eigenvalue weighted by Gasteiger charge is -2.07. The minimum atomic E-state index is -3.81. The van der Waals surface area contributed by atoms with Crippen molar-refractivity contribution >= 4 is 10.4 Å². The first-order valence-corrected chi connectivity index (χ1v) is 3.56. The summed E-state index contributed by atoms with van der Waals surface area (Å²) in [7, 11) is -3.81. The second kappa shape index (κ2) is 1.90. The normalized spacial score (nSPS) is 29.7. The molecule has 1 atom stereocenters. The van der Waals surface area contributed by atoms with Gasteiger partial charge in [-0.3, -0.25) is 0 Å². The van der Waals surface area contributed by atoms with Crippen molar-refractivity contribution < 1.29 is 16.8 Å². The molecule has 1 rings (SSSR count). The molecule has 1 heterocycles. The average Bonchev–Trinajstić information content (AvgIpc) is 1.60. The highest BCUT2D eigenvalue weighted by atomic mass is 32.3. The molecule has 0 radical (unpaired) electrons. The maximum absolute atomic E-state index is 10.3. The van der Waals surface area contributed by atoms with Gasteiger partial charge in [-0.05, 0) is 12.8 Å². The van der Waals surface area contributed by atoms with Crippen molar-refractivity contribution in [3.05, 3.63) is 0 Å². The van der Waals surface area contributed by atoms with E-state index in [1.807, 2.05) is 6.11 Å². The van der Waals surface area contributed by atoms with Crippen molar-refractivity contribution in [2.75, 3.05) is 0 Å². The molecular formula is C4H4O4S. The van der Waals surface area contributed by atoms with Crippen molar-refractivity contribution in [3.63, 3.8) is 0 Å². The molecule has 0 aromatic heterocycles. The maximum atomic E-state index is 10.3. The van der Waals surface area contributed by atoms with Gasteiger partial charge >= 0.3 is 10.4 Å². The van der Waals surface area contributed by atoms with Gasteiger partial charge < -0.3 is 4.18 Å². The van der Waals surface area contributed by atoms with E-state index in [-0.39, 0.29) is 0 Å². The molecule has 9 heavy (non-hydrogen) atoms. The summed E-state index contributed by atoms with van der Waals surface area (Å²) >= 11 is 0. The Morgan fingerprint density at radius 3 is 2.56 bits per heavy atom. The summed E-state index contributed by atoms with van der Waals surface area (Å²) in [6.07, 6.45) is 1.37. The van der Waals surface area contributed by atoms with Gasteiger partial charge in [-0.2, -0.15) is 8.42 Å². The molecule has 0 N–H and O–H groups in total. The molecule has 1 unspecified atom stereocenters. The summed E-state index contributed by atoms with van der Waals surface area (Å²) < 4.78 is 28.8.